The molecule has 1 aromatic carbocycles. The predicted octanol–water partition coefficient (Wildman–Crippen LogP) is 2.96. The van der Waals surface area contributed by atoms with Crippen molar-refractivity contribution in [3.05, 3.63) is 50.2 Å². The molecule has 0 fully saturated rings. The van der Waals surface area contributed by atoms with Crippen LogP contribution in [0, 0.1) is 25.7 Å². The van der Waals surface area contributed by atoms with Crippen LogP contribution in [0.4, 0.5) is 11.6 Å². The van der Waals surface area contributed by atoms with Crippen LogP contribution in [0.5, 0.6) is 0 Å². The summed E-state index contributed by atoms with van der Waals surface area (Å²) in [7, 11) is 1.70. The lowest BCUT2D eigenvalue weighted by atomic mass is 10.1. The van der Waals surface area contributed by atoms with Gasteiger partial charge in [0.25, 0.3) is 5.56 Å². The Morgan fingerprint density at radius 1 is 1.10 bits per heavy atom. The van der Waals surface area contributed by atoms with Crippen LogP contribution in [0.1, 0.15) is 31.9 Å². The van der Waals surface area contributed by atoms with Gasteiger partial charge in [0, 0.05) is 32.4 Å². The van der Waals surface area contributed by atoms with Gasteiger partial charge in [0.1, 0.15) is 0 Å². The Kier molecular flexibility index (Phi) is 4.63. The van der Waals surface area contributed by atoms with Crippen molar-refractivity contribution in [3.63, 3.8) is 0 Å². The molecule has 0 spiro atoms. The topological polar surface area (TPSA) is 65.1 Å². The maximum Gasteiger partial charge on any atom is 0.332 e. The number of benzene rings is 1. The van der Waals surface area contributed by atoms with Gasteiger partial charge in [-0.15, -0.1) is 0 Å². The molecule has 3 aromatic rings. The van der Waals surface area contributed by atoms with Gasteiger partial charge >= 0.3 is 5.69 Å². The lowest BCUT2D eigenvalue weighted by Crippen LogP contribution is -2.41. The molecule has 7 nitrogen and oxygen atoms in total. The first-order chi connectivity index (χ1) is 13.7. The van der Waals surface area contributed by atoms with E-state index in [0.717, 1.165) is 18.2 Å². The molecule has 0 saturated heterocycles. The quantitative estimate of drug-likeness (QED) is 0.684. The van der Waals surface area contributed by atoms with Gasteiger partial charge < -0.3 is 9.47 Å². The molecule has 1 aliphatic rings. The number of aromatic nitrogens is 4. The average molecular weight is 396 g/mol. The van der Waals surface area contributed by atoms with Gasteiger partial charge in [0.15, 0.2) is 11.2 Å². The lowest BCUT2D eigenvalue weighted by molar-refractivity contribution is 0.454. The highest BCUT2D eigenvalue weighted by molar-refractivity contribution is 5.77. The monoisotopic (exact) mass is 395 g/mol. The van der Waals surface area contributed by atoms with Gasteiger partial charge in [0.05, 0.1) is 0 Å². The van der Waals surface area contributed by atoms with E-state index in [2.05, 4.69) is 43.9 Å². The molecule has 0 saturated carbocycles. The van der Waals surface area contributed by atoms with Crippen molar-refractivity contribution in [2.24, 2.45) is 18.9 Å². The van der Waals surface area contributed by atoms with Gasteiger partial charge in [-0.3, -0.25) is 13.9 Å². The minimum absolute atomic E-state index is 0.201. The van der Waals surface area contributed by atoms with Crippen molar-refractivity contribution < 1.29 is 0 Å². The van der Waals surface area contributed by atoms with Crippen molar-refractivity contribution in [1.29, 1.82) is 0 Å². The minimum Gasteiger partial charge on any atom is -0.312 e. The van der Waals surface area contributed by atoms with E-state index >= 15 is 0 Å². The Bertz CT molecular complexity index is 1190. The van der Waals surface area contributed by atoms with E-state index in [-0.39, 0.29) is 17.2 Å². The second kappa shape index (κ2) is 6.90. The molecule has 29 heavy (non-hydrogen) atoms. The molecule has 0 bridgehead atoms. The number of rotatable bonds is 3. The van der Waals surface area contributed by atoms with E-state index < -0.39 is 0 Å². The molecule has 7 heteroatoms. The standard InChI is InChI=1S/C22H29N5O2/c1-13(2)10-27-20(28)18-19(24(6)22(27)29)23-21-25(11-16(5)12-26(18)21)17-8-14(3)7-15(4)9-17/h7-9,13,16H,10-12H2,1-6H3/t16-/m0/s1. The molecule has 154 valence electrons. The molecule has 1 aliphatic heterocycles. The largest absolute Gasteiger partial charge is 0.332 e. The van der Waals surface area contributed by atoms with Gasteiger partial charge in [-0.2, -0.15) is 4.98 Å². The Balaban J connectivity index is 2.01. The molecular weight excluding hydrogens is 366 g/mol. The SMILES string of the molecule is Cc1cc(C)cc(N2C[C@H](C)Cn3c2nc2c3c(=O)n(CC(C)C)c(=O)n2C)c1. The van der Waals surface area contributed by atoms with Crippen molar-refractivity contribution in [1.82, 2.24) is 18.7 Å². The molecule has 0 amide bonds. The normalized spacial score (nSPS) is 16.7. The Hall–Kier alpha value is -2.83. The van der Waals surface area contributed by atoms with E-state index in [1.165, 1.54) is 20.3 Å². The van der Waals surface area contributed by atoms with E-state index in [4.69, 9.17) is 4.98 Å². The fourth-order valence-electron chi connectivity index (χ4n) is 4.36. The van der Waals surface area contributed by atoms with E-state index in [1.807, 2.05) is 18.4 Å². The van der Waals surface area contributed by atoms with Crippen LogP contribution in [0.2, 0.25) is 0 Å². The third-order valence-electron chi connectivity index (χ3n) is 5.51. The lowest BCUT2D eigenvalue weighted by Gasteiger charge is -2.33. The summed E-state index contributed by atoms with van der Waals surface area (Å²) in [5.74, 6) is 1.28. The maximum absolute atomic E-state index is 13.3. The van der Waals surface area contributed by atoms with Crippen LogP contribution in [-0.4, -0.2) is 25.2 Å². The second-order valence-corrected chi connectivity index (χ2v) is 8.91. The number of nitrogens with zero attached hydrogens (tertiary/aromatic N) is 5. The third kappa shape index (κ3) is 3.18. The number of imidazole rings is 1. The molecule has 0 unspecified atom stereocenters. The van der Waals surface area contributed by atoms with Crippen LogP contribution in [0.25, 0.3) is 11.2 Å². The van der Waals surface area contributed by atoms with E-state index in [9.17, 15) is 9.59 Å². The predicted molar refractivity (Wildman–Crippen MR) is 116 cm³/mol. The summed E-state index contributed by atoms with van der Waals surface area (Å²) in [5, 5.41) is 0. The summed E-state index contributed by atoms with van der Waals surface area (Å²) in [6.45, 7) is 12.3. The molecule has 4 rings (SSSR count). The smallest absolute Gasteiger partial charge is 0.312 e. The first kappa shape index (κ1) is 19.5. The Labute approximate surface area is 170 Å². The zero-order valence-corrected chi connectivity index (χ0v) is 18.1. The van der Waals surface area contributed by atoms with Crippen LogP contribution in [0.15, 0.2) is 27.8 Å². The fourth-order valence-corrected chi connectivity index (χ4v) is 4.36. The summed E-state index contributed by atoms with van der Waals surface area (Å²) < 4.78 is 4.86. The first-order valence-corrected chi connectivity index (χ1v) is 10.2. The number of fused-ring (bicyclic) bond motifs is 3. The zero-order chi connectivity index (χ0) is 21.0. The van der Waals surface area contributed by atoms with Crippen LogP contribution in [-0.2, 0) is 20.1 Å². The van der Waals surface area contributed by atoms with Gasteiger partial charge in [-0.05, 0) is 48.9 Å². The highest BCUT2D eigenvalue weighted by atomic mass is 16.2. The molecule has 2 aromatic heterocycles. The first-order valence-electron chi connectivity index (χ1n) is 10.2. The fraction of sp³-hybridized carbons (Fsp3) is 0.500. The van der Waals surface area contributed by atoms with E-state index in [1.54, 1.807) is 7.05 Å². The second-order valence-electron chi connectivity index (χ2n) is 8.91. The van der Waals surface area contributed by atoms with E-state index in [0.29, 0.717) is 30.2 Å². The van der Waals surface area contributed by atoms with Crippen molar-refractivity contribution in [2.75, 3.05) is 11.4 Å². The maximum atomic E-state index is 13.3. The van der Waals surface area contributed by atoms with Gasteiger partial charge in [-0.1, -0.05) is 26.8 Å². The van der Waals surface area contributed by atoms with Gasteiger partial charge in [-0.25, -0.2) is 4.79 Å². The third-order valence-corrected chi connectivity index (χ3v) is 5.51. The van der Waals surface area contributed by atoms with Crippen molar-refractivity contribution in [3.8, 4) is 0 Å². The average Bonchev–Trinajstić information content (AvgIpc) is 3.01. The summed E-state index contributed by atoms with van der Waals surface area (Å²) in [5.41, 5.74) is 3.86. The molecular formula is C22H29N5O2. The molecule has 0 N–H and O–H groups in total. The van der Waals surface area contributed by atoms with Crippen LogP contribution >= 0.6 is 0 Å². The highest BCUT2D eigenvalue weighted by Crippen LogP contribution is 2.33. The highest BCUT2D eigenvalue weighted by Gasteiger charge is 2.30. The summed E-state index contributed by atoms with van der Waals surface area (Å²) >= 11 is 0. The molecule has 1 atom stereocenters. The van der Waals surface area contributed by atoms with Crippen molar-refractivity contribution in [2.45, 2.75) is 47.7 Å². The number of hydrogen-bond donors (Lipinski definition) is 0. The summed E-state index contributed by atoms with van der Waals surface area (Å²) in [4.78, 5) is 33.1. The number of anilines is 2. The Morgan fingerprint density at radius 2 is 1.76 bits per heavy atom. The molecule has 0 radical (unpaired) electrons. The Morgan fingerprint density at radius 3 is 2.38 bits per heavy atom. The van der Waals surface area contributed by atoms with Crippen molar-refractivity contribution >= 4 is 22.8 Å². The summed E-state index contributed by atoms with van der Waals surface area (Å²) in [6, 6.07) is 6.43. The molecule has 3 heterocycles. The minimum atomic E-state index is -0.308. The molecule has 0 aliphatic carbocycles. The van der Waals surface area contributed by atoms with Crippen LogP contribution in [0.3, 0.4) is 0 Å². The summed E-state index contributed by atoms with van der Waals surface area (Å²) in [6.07, 6.45) is 0. The number of hydrogen-bond acceptors (Lipinski definition) is 4. The zero-order valence-electron chi connectivity index (χ0n) is 18.1. The van der Waals surface area contributed by atoms with Crippen LogP contribution < -0.4 is 16.1 Å². The number of aryl methyl sites for hydroxylation is 3. The van der Waals surface area contributed by atoms with Gasteiger partial charge in [0.2, 0.25) is 5.95 Å².